The summed E-state index contributed by atoms with van der Waals surface area (Å²) in [6, 6.07) is 0. The fourth-order valence-corrected chi connectivity index (χ4v) is 11.8. The van der Waals surface area contributed by atoms with Crippen LogP contribution in [0.3, 0.4) is 0 Å². The minimum Gasteiger partial charge on any atom is -0.0533 e. The zero-order chi connectivity index (χ0) is 29.3. The molecule has 250 valence electrons. The van der Waals surface area contributed by atoms with Gasteiger partial charge in [-0.15, -0.1) is 0 Å². The first kappa shape index (κ1) is 28.8. The van der Waals surface area contributed by atoms with Gasteiger partial charge in [0.05, 0.1) is 0 Å². The molecule has 23 aliphatic rings. The van der Waals surface area contributed by atoms with Gasteiger partial charge in [0.1, 0.15) is 0 Å². The third kappa shape index (κ3) is 6.78. The maximum absolute atomic E-state index is 1.62. The van der Waals surface area contributed by atoms with Gasteiger partial charge in [0, 0.05) is 0 Å². The zero-order valence-corrected chi connectivity index (χ0v) is 29.3. The number of fused-ring (bicyclic) bond motifs is 5. The molecular formula is C45H70. The Kier molecular flexibility index (Phi) is 7.04. The molecule has 1 spiro atoms. The largest absolute Gasteiger partial charge is 0.0533 e. The lowest BCUT2D eigenvalue weighted by Gasteiger charge is -2.60. The predicted octanol–water partition coefficient (Wildman–Crippen LogP) is 12.4. The minimum atomic E-state index is 1.00. The molecule has 0 aromatic rings. The van der Waals surface area contributed by atoms with E-state index >= 15 is 0 Å². The van der Waals surface area contributed by atoms with Gasteiger partial charge < -0.3 is 0 Å². The average Bonchev–Trinajstić information content (AvgIpc) is 3.68. The maximum Gasteiger partial charge on any atom is -0.0297 e. The molecule has 23 saturated carbocycles. The summed E-state index contributed by atoms with van der Waals surface area (Å²) >= 11 is 0. The van der Waals surface area contributed by atoms with Gasteiger partial charge in [0.2, 0.25) is 0 Å². The molecule has 0 saturated heterocycles. The van der Waals surface area contributed by atoms with Crippen LogP contribution in [0.25, 0.3) is 0 Å². The van der Waals surface area contributed by atoms with Gasteiger partial charge >= 0.3 is 0 Å². The summed E-state index contributed by atoms with van der Waals surface area (Å²) in [7, 11) is 0. The molecule has 2 unspecified atom stereocenters. The molecule has 0 heterocycles. The maximum atomic E-state index is 1.62. The summed E-state index contributed by atoms with van der Waals surface area (Å²) in [5.74, 6) is 22.2. The summed E-state index contributed by atoms with van der Waals surface area (Å²) in [4.78, 5) is 0. The molecule has 0 aromatic heterocycles. The van der Waals surface area contributed by atoms with Crippen molar-refractivity contribution >= 4 is 0 Å². The second-order valence-corrected chi connectivity index (χ2v) is 21.8. The second kappa shape index (κ2) is 11.0. The zero-order valence-electron chi connectivity index (χ0n) is 29.3. The SMILES string of the molecule is C1C2C1C1CC21.C1C2CC12.C1C2CC1C1CC21.C1C2CC1C1CC2C1.C1C2CC1C2.C1CC1.C1CC12CC2.C1CC1CC1CC1. The van der Waals surface area contributed by atoms with Crippen LogP contribution in [0.2, 0.25) is 0 Å². The quantitative estimate of drug-likeness (QED) is 0.292. The summed E-state index contributed by atoms with van der Waals surface area (Å²) in [5.41, 5.74) is 1.00. The molecule has 0 amide bonds. The molecule has 0 radical (unpaired) electrons. The Morgan fingerprint density at radius 3 is 0.711 bits per heavy atom. The highest BCUT2D eigenvalue weighted by atomic mass is 14.7. The van der Waals surface area contributed by atoms with Crippen molar-refractivity contribution in [2.75, 3.05) is 0 Å². The van der Waals surface area contributed by atoms with Gasteiger partial charge in [-0.05, 0) is 234 Å². The molecule has 23 aliphatic carbocycles. The number of hydrogen-bond donors (Lipinski definition) is 0. The van der Waals surface area contributed by atoms with Gasteiger partial charge in [0.25, 0.3) is 0 Å². The molecule has 23 fully saturated rings. The molecule has 0 aliphatic heterocycles. The number of rotatable bonds is 2. The second-order valence-electron chi connectivity index (χ2n) is 21.8. The fraction of sp³-hybridized carbons (Fsp3) is 1.00. The highest BCUT2D eigenvalue weighted by Crippen LogP contribution is 2.77. The standard InChI is InChI=1S/C8H12.C7H10.C7H12.C6H8.2C5H8.C4H6.C3H6/c1-5-2-6(1)8-3-7(5)4-8;1-4-2-5(1)7-3-6(4)7;1-2-6(1)5-7-3-4-7;1-3-4(1)6-2-5(3)6;1-4-2-5(1)3-4;1-2-5(1)3-4-5;1-3-2-4(1)3;1-2-3-1/h5-8H,1-4H2;4-7H,1-3H2;6-7H,1-5H2;3-6H,1-2H2;4-5H,1-3H2;1-4H2;3-4H,1-2H2;1-3H2. The van der Waals surface area contributed by atoms with E-state index in [1.54, 1.807) is 148 Å². The molecule has 23 rings (SSSR count). The Morgan fingerprint density at radius 1 is 0.311 bits per heavy atom. The van der Waals surface area contributed by atoms with Gasteiger partial charge in [-0.1, -0.05) is 44.9 Å². The lowest BCUT2D eigenvalue weighted by Crippen LogP contribution is -2.51. The van der Waals surface area contributed by atoms with Crippen LogP contribution < -0.4 is 0 Å². The van der Waals surface area contributed by atoms with Crippen molar-refractivity contribution in [3.63, 3.8) is 0 Å². The van der Waals surface area contributed by atoms with E-state index in [9.17, 15) is 0 Å². The summed E-state index contributed by atoms with van der Waals surface area (Å²) in [6.07, 6.45) is 41.0. The lowest BCUT2D eigenvalue weighted by molar-refractivity contribution is -0.101. The lowest BCUT2D eigenvalue weighted by atomic mass is 9.45. The van der Waals surface area contributed by atoms with E-state index in [0.29, 0.717) is 0 Å². The highest BCUT2D eigenvalue weighted by Gasteiger charge is 2.70. The van der Waals surface area contributed by atoms with Crippen LogP contribution in [-0.4, -0.2) is 0 Å². The third-order valence-electron chi connectivity index (χ3n) is 17.8. The molecule has 2 atom stereocenters. The normalized spacial score (nSPS) is 56.5. The van der Waals surface area contributed by atoms with Crippen LogP contribution >= 0.6 is 0 Å². The smallest absolute Gasteiger partial charge is 0.0297 e. The summed E-state index contributed by atoms with van der Waals surface area (Å²) < 4.78 is 0. The van der Waals surface area contributed by atoms with Crippen LogP contribution in [0, 0.1) is 112 Å². The first-order valence-corrected chi connectivity index (χ1v) is 22.1. The van der Waals surface area contributed by atoms with E-state index < -0.39 is 0 Å². The average molecular weight is 611 g/mol. The topological polar surface area (TPSA) is 0 Å². The summed E-state index contributed by atoms with van der Waals surface area (Å²) in [5, 5.41) is 0. The fourth-order valence-electron chi connectivity index (χ4n) is 11.8. The Labute approximate surface area is 278 Å². The number of hydrogen-bond acceptors (Lipinski definition) is 0. The van der Waals surface area contributed by atoms with Crippen LogP contribution in [0.15, 0.2) is 0 Å². The Hall–Kier alpha value is 0. The Balaban J connectivity index is 0.0000000649. The van der Waals surface area contributed by atoms with E-state index in [-0.39, 0.29) is 0 Å². The van der Waals surface area contributed by atoms with Crippen LogP contribution in [0.1, 0.15) is 167 Å². The Morgan fingerprint density at radius 2 is 0.600 bits per heavy atom. The molecule has 0 aromatic carbocycles. The highest BCUT2D eigenvalue weighted by molar-refractivity contribution is 5.18. The van der Waals surface area contributed by atoms with E-state index in [1.807, 2.05) is 0 Å². The first-order valence-electron chi connectivity index (χ1n) is 22.1. The monoisotopic (exact) mass is 611 g/mol. The van der Waals surface area contributed by atoms with Crippen molar-refractivity contribution < 1.29 is 0 Å². The molecule has 45 heavy (non-hydrogen) atoms. The van der Waals surface area contributed by atoms with Crippen molar-refractivity contribution in [2.24, 2.45) is 112 Å². The van der Waals surface area contributed by atoms with Crippen LogP contribution in [0.4, 0.5) is 0 Å². The minimum absolute atomic E-state index is 1.00. The van der Waals surface area contributed by atoms with Gasteiger partial charge in [-0.2, -0.15) is 0 Å². The van der Waals surface area contributed by atoms with E-state index in [2.05, 4.69) is 0 Å². The first-order chi connectivity index (χ1) is 22.1. The van der Waals surface area contributed by atoms with Crippen LogP contribution in [-0.2, 0) is 0 Å². The van der Waals surface area contributed by atoms with Gasteiger partial charge in [0.15, 0.2) is 0 Å². The van der Waals surface area contributed by atoms with E-state index in [4.69, 9.17) is 0 Å². The molecular weight excluding hydrogens is 540 g/mol. The molecule has 0 N–H and O–H groups in total. The Bertz CT molecular complexity index is 931. The predicted molar refractivity (Wildman–Crippen MR) is 185 cm³/mol. The van der Waals surface area contributed by atoms with Gasteiger partial charge in [-0.25, -0.2) is 0 Å². The van der Waals surface area contributed by atoms with Crippen molar-refractivity contribution in [1.82, 2.24) is 0 Å². The molecule has 8 bridgehead atoms. The third-order valence-corrected chi connectivity index (χ3v) is 17.8. The van der Waals surface area contributed by atoms with Crippen molar-refractivity contribution in [3.8, 4) is 0 Å². The molecule has 0 nitrogen and oxygen atoms in total. The van der Waals surface area contributed by atoms with Crippen molar-refractivity contribution in [3.05, 3.63) is 0 Å². The summed E-state index contributed by atoms with van der Waals surface area (Å²) in [6.45, 7) is 0. The molecule has 0 heteroatoms. The van der Waals surface area contributed by atoms with Crippen molar-refractivity contribution in [2.45, 2.75) is 167 Å². The van der Waals surface area contributed by atoms with E-state index in [0.717, 1.165) is 5.41 Å². The van der Waals surface area contributed by atoms with E-state index in [1.165, 1.54) is 126 Å². The van der Waals surface area contributed by atoms with Crippen LogP contribution in [0.5, 0.6) is 0 Å². The van der Waals surface area contributed by atoms with Gasteiger partial charge in [-0.3, -0.25) is 0 Å². The van der Waals surface area contributed by atoms with Crippen molar-refractivity contribution in [1.29, 1.82) is 0 Å².